The molecule has 0 aliphatic carbocycles. The molecule has 122 valence electrons. The maximum Gasteiger partial charge on any atom is 0.244 e. The largest absolute Gasteiger partial charge is 0.355 e. The highest BCUT2D eigenvalue weighted by Crippen LogP contribution is 2.20. The molecular formula is C16H20ClN5O. The van der Waals surface area contributed by atoms with E-state index >= 15 is 0 Å². The average Bonchev–Trinajstić information content (AvgIpc) is 3.00. The number of hydrogen-bond acceptors (Lipinski definition) is 4. The van der Waals surface area contributed by atoms with Crippen LogP contribution in [0, 0.1) is 0 Å². The summed E-state index contributed by atoms with van der Waals surface area (Å²) < 4.78 is 1.57. The number of rotatable bonds is 4. The molecular weight excluding hydrogens is 314 g/mol. The van der Waals surface area contributed by atoms with E-state index < -0.39 is 0 Å². The molecule has 1 aliphatic heterocycles. The Bertz CT molecular complexity index is 660. The van der Waals surface area contributed by atoms with Crippen molar-refractivity contribution in [2.75, 3.05) is 25.0 Å². The van der Waals surface area contributed by atoms with Crippen LogP contribution in [0.15, 0.2) is 36.8 Å². The number of aromatic nitrogens is 3. The molecule has 1 aliphatic rings. The minimum absolute atomic E-state index is 0.0395. The molecule has 1 unspecified atom stereocenters. The molecule has 0 saturated carbocycles. The van der Waals surface area contributed by atoms with Crippen molar-refractivity contribution in [1.82, 2.24) is 19.7 Å². The van der Waals surface area contributed by atoms with Gasteiger partial charge < -0.3 is 9.80 Å². The molecule has 1 atom stereocenters. The van der Waals surface area contributed by atoms with Crippen LogP contribution in [0.25, 0.3) is 0 Å². The van der Waals surface area contributed by atoms with Crippen LogP contribution in [0.3, 0.4) is 0 Å². The first kappa shape index (κ1) is 15.8. The van der Waals surface area contributed by atoms with Gasteiger partial charge in [-0.1, -0.05) is 17.7 Å². The van der Waals surface area contributed by atoms with Crippen molar-refractivity contribution < 1.29 is 4.79 Å². The Kier molecular flexibility index (Phi) is 4.81. The predicted octanol–water partition coefficient (Wildman–Crippen LogP) is 2.06. The zero-order chi connectivity index (χ0) is 16.2. The standard InChI is InChI=1S/C16H20ClN5O/c1-20(16(23)12-22-10-13(17)9-19-22)14-5-4-8-21(11-14)15-6-2-3-7-18-15/h2-3,6-7,9-10,14H,4-5,8,11-12H2,1H3. The third kappa shape index (κ3) is 3.82. The molecule has 0 aromatic carbocycles. The number of anilines is 1. The van der Waals surface area contributed by atoms with Crippen molar-refractivity contribution in [3.8, 4) is 0 Å². The fourth-order valence-corrected chi connectivity index (χ4v) is 3.05. The summed E-state index contributed by atoms with van der Waals surface area (Å²) in [5.74, 6) is 1.01. The number of amides is 1. The average molecular weight is 334 g/mol. The van der Waals surface area contributed by atoms with E-state index in [9.17, 15) is 4.79 Å². The zero-order valence-electron chi connectivity index (χ0n) is 13.1. The second kappa shape index (κ2) is 7.00. The van der Waals surface area contributed by atoms with Gasteiger partial charge in [-0.3, -0.25) is 9.48 Å². The second-order valence-corrected chi connectivity index (χ2v) is 6.23. The van der Waals surface area contributed by atoms with E-state index in [4.69, 9.17) is 11.6 Å². The van der Waals surface area contributed by atoms with Crippen LogP contribution in [0.4, 0.5) is 5.82 Å². The van der Waals surface area contributed by atoms with Crippen LogP contribution in [-0.2, 0) is 11.3 Å². The van der Waals surface area contributed by atoms with Crippen molar-refractivity contribution in [3.05, 3.63) is 41.8 Å². The predicted molar refractivity (Wildman–Crippen MR) is 89.5 cm³/mol. The van der Waals surface area contributed by atoms with Crippen LogP contribution < -0.4 is 4.90 Å². The number of hydrogen-bond donors (Lipinski definition) is 0. The molecule has 6 nitrogen and oxygen atoms in total. The lowest BCUT2D eigenvalue weighted by Gasteiger charge is -2.38. The number of halogens is 1. The molecule has 3 rings (SSSR count). The minimum Gasteiger partial charge on any atom is -0.355 e. The third-order valence-electron chi connectivity index (χ3n) is 4.21. The van der Waals surface area contributed by atoms with Gasteiger partial charge in [0.15, 0.2) is 0 Å². The van der Waals surface area contributed by atoms with E-state index in [1.165, 1.54) is 6.20 Å². The molecule has 1 amide bonds. The van der Waals surface area contributed by atoms with E-state index in [0.717, 1.165) is 31.7 Å². The first-order valence-corrected chi connectivity index (χ1v) is 8.11. The molecule has 0 radical (unpaired) electrons. The lowest BCUT2D eigenvalue weighted by molar-refractivity contribution is -0.133. The Hall–Kier alpha value is -2.08. The van der Waals surface area contributed by atoms with Gasteiger partial charge in [-0.2, -0.15) is 5.10 Å². The fourth-order valence-electron chi connectivity index (χ4n) is 2.90. The summed E-state index contributed by atoms with van der Waals surface area (Å²) in [5, 5.41) is 4.60. The van der Waals surface area contributed by atoms with Gasteiger partial charge in [-0.25, -0.2) is 4.98 Å². The highest BCUT2D eigenvalue weighted by atomic mass is 35.5. The van der Waals surface area contributed by atoms with Crippen molar-refractivity contribution in [3.63, 3.8) is 0 Å². The molecule has 1 fully saturated rings. The summed E-state index contributed by atoms with van der Waals surface area (Å²) >= 11 is 5.84. The summed E-state index contributed by atoms with van der Waals surface area (Å²) in [6.45, 7) is 1.99. The number of nitrogens with zero attached hydrogens (tertiary/aromatic N) is 5. The van der Waals surface area contributed by atoms with Crippen molar-refractivity contribution in [2.24, 2.45) is 0 Å². The van der Waals surface area contributed by atoms with E-state index in [0.29, 0.717) is 5.02 Å². The maximum atomic E-state index is 12.5. The highest BCUT2D eigenvalue weighted by molar-refractivity contribution is 6.30. The molecule has 0 bridgehead atoms. The van der Waals surface area contributed by atoms with E-state index in [1.54, 1.807) is 17.1 Å². The minimum atomic E-state index is 0.0395. The number of pyridine rings is 1. The number of likely N-dealkylation sites (N-methyl/N-ethyl adjacent to an activating group) is 1. The first-order valence-electron chi connectivity index (χ1n) is 7.73. The number of piperidine rings is 1. The molecule has 2 aromatic rings. The first-order chi connectivity index (χ1) is 11.1. The van der Waals surface area contributed by atoms with Gasteiger partial charge in [-0.05, 0) is 25.0 Å². The molecule has 1 saturated heterocycles. The van der Waals surface area contributed by atoms with E-state index in [1.807, 2.05) is 30.1 Å². The molecule has 23 heavy (non-hydrogen) atoms. The van der Waals surface area contributed by atoms with Gasteiger partial charge in [0.25, 0.3) is 0 Å². The summed E-state index contributed by atoms with van der Waals surface area (Å²) in [6, 6.07) is 6.10. The molecule has 0 N–H and O–H groups in total. The lowest BCUT2D eigenvalue weighted by Crippen LogP contribution is -2.49. The zero-order valence-corrected chi connectivity index (χ0v) is 13.9. The molecule has 2 aromatic heterocycles. The van der Waals surface area contributed by atoms with E-state index in [2.05, 4.69) is 15.0 Å². The quantitative estimate of drug-likeness (QED) is 0.859. The van der Waals surface area contributed by atoms with Gasteiger partial charge in [0, 0.05) is 38.6 Å². The summed E-state index contributed by atoms with van der Waals surface area (Å²) in [4.78, 5) is 20.9. The molecule has 3 heterocycles. The Morgan fingerprint density at radius 3 is 3.04 bits per heavy atom. The van der Waals surface area contributed by atoms with E-state index in [-0.39, 0.29) is 18.5 Å². The Balaban J connectivity index is 1.62. The van der Waals surface area contributed by atoms with Crippen LogP contribution in [0.2, 0.25) is 5.02 Å². The normalized spacial score (nSPS) is 18.0. The number of carbonyl (C=O) groups is 1. The van der Waals surface area contributed by atoms with Crippen LogP contribution in [0.1, 0.15) is 12.8 Å². The monoisotopic (exact) mass is 333 g/mol. The Morgan fingerprint density at radius 1 is 1.48 bits per heavy atom. The van der Waals surface area contributed by atoms with Gasteiger partial charge in [-0.15, -0.1) is 0 Å². The van der Waals surface area contributed by atoms with Crippen molar-refractivity contribution >= 4 is 23.3 Å². The van der Waals surface area contributed by atoms with Gasteiger partial charge in [0.1, 0.15) is 12.4 Å². The van der Waals surface area contributed by atoms with Crippen molar-refractivity contribution in [1.29, 1.82) is 0 Å². The summed E-state index contributed by atoms with van der Waals surface area (Å²) in [6.07, 6.45) is 7.06. The van der Waals surface area contributed by atoms with Gasteiger partial charge in [0.05, 0.1) is 11.2 Å². The Morgan fingerprint density at radius 2 is 2.35 bits per heavy atom. The molecule has 0 spiro atoms. The Labute approximate surface area is 140 Å². The third-order valence-corrected chi connectivity index (χ3v) is 4.41. The van der Waals surface area contributed by atoms with Crippen LogP contribution >= 0.6 is 11.6 Å². The SMILES string of the molecule is CN(C(=O)Cn1cc(Cl)cn1)C1CCCN(c2ccccn2)C1. The lowest BCUT2D eigenvalue weighted by atomic mass is 10.0. The summed E-state index contributed by atoms with van der Waals surface area (Å²) in [5.41, 5.74) is 0. The molecule has 7 heteroatoms. The highest BCUT2D eigenvalue weighted by Gasteiger charge is 2.26. The second-order valence-electron chi connectivity index (χ2n) is 5.79. The smallest absolute Gasteiger partial charge is 0.244 e. The van der Waals surface area contributed by atoms with Crippen molar-refractivity contribution in [2.45, 2.75) is 25.4 Å². The maximum absolute atomic E-state index is 12.5. The van der Waals surface area contributed by atoms with Crippen LogP contribution in [-0.4, -0.2) is 51.8 Å². The van der Waals surface area contributed by atoms with Crippen LogP contribution in [0.5, 0.6) is 0 Å². The summed E-state index contributed by atoms with van der Waals surface area (Å²) in [7, 11) is 1.86. The number of carbonyl (C=O) groups excluding carboxylic acids is 1. The van der Waals surface area contributed by atoms with Gasteiger partial charge >= 0.3 is 0 Å². The fraction of sp³-hybridized carbons (Fsp3) is 0.438. The topological polar surface area (TPSA) is 54.3 Å². The van der Waals surface area contributed by atoms with Gasteiger partial charge in [0.2, 0.25) is 5.91 Å².